The first-order chi connectivity index (χ1) is 18.9. The van der Waals surface area contributed by atoms with Crippen LogP contribution in [0.1, 0.15) is 26.3 Å². The van der Waals surface area contributed by atoms with Crippen molar-refractivity contribution in [1.29, 1.82) is 0 Å². The lowest BCUT2D eigenvalue weighted by atomic mass is 10.1. The van der Waals surface area contributed by atoms with Crippen molar-refractivity contribution in [2.45, 2.75) is 0 Å². The fraction of sp³-hybridized carbons (Fsp3) is 0.185. The molecule has 1 heterocycles. The molecule has 0 fully saturated rings. The van der Waals surface area contributed by atoms with Crippen LogP contribution in [0.2, 0.25) is 0 Å². The number of fused-ring (bicyclic) bond motifs is 1. The van der Waals surface area contributed by atoms with Gasteiger partial charge < -0.3 is 33.7 Å². The summed E-state index contributed by atoms with van der Waals surface area (Å²) in [5, 5.41) is 6.38. The maximum atomic E-state index is 12.5. The van der Waals surface area contributed by atoms with E-state index < -0.39 is 17.8 Å². The van der Waals surface area contributed by atoms with E-state index in [9.17, 15) is 14.4 Å². The third kappa shape index (κ3) is 6.55. The zero-order valence-corrected chi connectivity index (χ0v) is 21.3. The molecule has 0 aromatic heterocycles. The number of rotatable bonds is 10. The normalized spacial score (nSPS) is 11.6. The highest BCUT2D eigenvalue weighted by atomic mass is 16.7. The molecule has 12 nitrogen and oxygen atoms in total. The number of methoxy groups -OCH3 is 3. The summed E-state index contributed by atoms with van der Waals surface area (Å²) in [5.74, 6) is 0.751. The van der Waals surface area contributed by atoms with Crippen molar-refractivity contribution in [3.05, 3.63) is 71.3 Å². The van der Waals surface area contributed by atoms with Crippen molar-refractivity contribution < 1.29 is 42.8 Å². The smallest absolute Gasteiger partial charge is 0.343 e. The molecule has 0 radical (unpaired) electrons. The number of ether oxygens (including phenoxy) is 6. The molecule has 0 aliphatic carbocycles. The monoisotopic (exact) mass is 535 g/mol. The number of carbonyl (C=O) groups excluding carboxylic acids is 3. The first kappa shape index (κ1) is 26.8. The highest BCUT2D eigenvalue weighted by molar-refractivity contribution is 5.97. The van der Waals surface area contributed by atoms with Gasteiger partial charge in [-0.2, -0.15) is 5.10 Å². The van der Waals surface area contributed by atoms with Gasteiger partial charge in [-0.25, -0.2) is 10.2 Å². The van der Waals surface area contributed by atoms with Gasteiger partial charge in [-0.1, -0.05) is 0 Å². The third-order valence-electron chi connectivity index (χ3n) is 5.44. The highest BCUT2D eigenvalue weighted by Gasteiger charge is 2.18. The Hall–Kier alpha value is -5.26. The summed E-state index contributed by atoms with van der Waals surface area (Å²) in [6.07, 6.45) is 1.41. The third-order valence-corrected chi connectivity index (χ3v) is 5.44. The van der Waals surface area contributed by atoms with E-state index in [1.807, 2.05) is 0 Å². The Kier molecular flexibility index (Phi) is 8.46. The van der Waals surface area contributed by atoms with E-state index in [1.54, 1.807) is 42.5 Å². The maximum absolute atomic E-state index is 12.5. The van der Waals surface area contributed by atoms with E-state index in [2.05, 4.69) is 15.8 Å². The minimum atomic E-state index is -0.546. The van der Waals surface area contributed by atoms with Crippen molar-refractivity contribution >= 4 is 24.0 Å². The highest BCUT2D eigenvalue weighted by Crippen LogP contribution is 2.38. The number of nitrogens with zero attached hydrogens (tertiary/aromatic N) is 1. The van der Waals surface area contributed by atoms with Crippen LogP contribution in [0.3, 0.4) is 0 Å². The summed E-state index contributed by atoms with van der Waals surface area (Å²) >= 11 is 0. The van der Waals surface area contributed by atoms with E-state index in [0.29, 0.717) is 45.6 Å². The molecule has 1 aliphatic rings. The van der Waals surface area contributed by atoms with Crippen LogP contribution in [0.4, 0.5) is 0 Å². The maximum Gasteiger partial charge on any atom is 0.343 e. The minimum absolute atomic E-state index is 0.112. The van der Waals surface area contributed by atoms with Crippen molar-refractivity contribution in [3.8, 4) is 34.5 Å². The van der Waals surface area contributed by atoms with Gasteiger partial charge in [0.05, 0.1) is 39.7 Å². The molecule has 0 spiro atoms. The van der Waals surface area contributed by atoms with Crippen molar-refractivity contribution in [1.82, 2.24) is 10.7 Å². The van der Waals surface area contributed by atoms with Gasteiger partial charge in [-0.3, -0.25) is 9.59 Å². The van der Waals surface area contributed by atoms with Gasteiger partial charge >= 0.3 is 5.97 Å². The molecule has 39 heavy (non-hydrogen) atoms. The van der Waals surface area contributed by atoms with Crippen LogP contribution in [0.25, 0.3) is 0 Å². The molecular weight excluding hydrogens is 510 g/mol. The number of hydrogen-bond donors (Lipinski definition) is 2. The number of carbonyl (C=O) groups is 3. The molecule has 0 atom stereocenters. The number of benzene rings is 3. The summed E-state index contributed by atoms with van der Waals surface area (Å²) in [7, 11) is 4.33. The van der Waals surface area contributed by atoms with Gasteiger partial charge in [0.1, 0.15) is 5.75 Å². The Morgan fingerprint density at radius 3 is 2.23 bits per heavy atom. The first-order valence-corrected chi connectivity index (χ1v) is 11.5. The van der Waals surface area contributed by atoms with Gasteiger partial charge in [0.2, 0.25) is 12.5 Å². The summed E-state index contributed by atoms with van der Waals surface area (Å²) in [6, 6.07) is 14.2. The summed E-state index contributed by atoms with van der Waals surface area (Å²) in [5.41, 5.74) is 3.51. The standard InChI is InChI=1S/C27H25N3O9/c1-34-22-11-18(12-23(35-2)25(22)36-3)26(32)28-14-24(31)30-29-13-16-4-7-19(8-5-16)39-27(33)17-6-9-20-21(10-17)38-15-37-20/h4-13H,14-15H2,1-3H3,(H,28,32)(H,30,31)/b29-13-. The molecule has 3 aromatic rings. The molecule has 0 unspecified atom stereocenters. The van der Waals surface area contributed by atoms with Crippen LogP contribution in [-0.4, -0.2) is 58.7 Å². The van der Waals surface area contributed by atoms with Crippen molar-refractivity contribution in [2.75, 3.05) is 34.7 Å². The van der Waals surface area contributed by atoms with Crippen LogP contribution in [0.5, 0.6) is 34.5 Å². The van der Waals surface area contributed by atoms with Crippen LogP contribution >= 0.6 is 0 Å². The Bertz CT molecular complexity index is 1380. The van der Waals surface area contributed by atoms with Gasteiger partial charge in [0.25, 0.3) is 11.8 Å². The topological polar surface area (TPSA) is 143 Å². The fourth-order valence-corrected chi connectivity index (χ4v) is 3.50. The molecule has 0 saturated carbocycles. The van der Waals surface area contributed by atoms with E-state index in [4.69, 9.17) is 28.4 Å². The molecule has 0 saturated heterocycles. The summed E-state index contributed by atoms with van der Waals surface area (Å²) in [4.78, 5) is 37.0. The average Bonchev–Trinajstić information content (AvgIpc) is 3.44. The second kappa shape index (κ2) is 12.3. The Labute approximate surface area is 223 Å². The molecule has 2 amide bonds. The van der Waals surface area contributed by atoms with E-state index in [-0.39, 0.29) is 18.9 Å². The largest absolute Gasteiger partial charge is 0.493 e. The molecule has 3 aromatic carbocycles. The second-order valence-electron chi connectivity index (χ2n) is 7.92. The average molecular weight is 536 g/mol. The lowest BCUT2D eigenvalue weighted by Crippen LogP contribution is -2.34. The Balaban J connectivity index is 1.25. The zero-order chi connectivity index (χ0) is 27.8. The molecule has 0 bridgehead atoms. The summed E-state index contributed by atoms with van der Waals surface area (Å²) in [6.45, 7) is -0.206. The van der Waals surface area contributed by atoms with Crippen LogP contribution < -0.4 is 39.2 Å². The lowest BCUT2D eigenvalue weighted by Gasteiger charge is -2.14. The van der Waals surface area contributed by atoms with Gasteiger partial charge in [-0.05, 0) is 60.2 Å². The number of hydrogen-bond acceptors (Lipinski definition) is 10. The molecule has 2 N–H and O–H groups in total. The zero-order valence-electron chi connectivity index (χ0n) is 21.3. The van der Waals surface area contributed by atoms with Crippen molar-refractivity contribution in [2.24, 2.45) is 5.10 Å². The lowest BCUT2D eigenvalue weighted by molar-refractivity contribution is -0.120. The van der Waals surface area contributed by atoms with E-state index in [0.717, 1.165) is 0 Å². The minimum Gasteiger partial charge on any atom is -0.493 e. The van der Waals surface area contributed by atoms with Crippen LogP contribution in [-0.2, 0) is 4.79 Å². The van der Waals surface area contributed by atoms with Crippen LogP contribution in [0, 0.1) is 0 Å². The van der Waals surface area contributed by atoms with Gasteiger partial charge in [-0.15, -0.1) is 0 Å². The second-order valence-corrected chi connectivity index (χ2v) is 7.92. The SMILES string of the molecule is COc1cc(C(=O)NCC(=O)N/N=C\c2ccc(OC(=O)c3ccc4c(c3)OCO4)cc2)cc(OC)c1OC. The number of hydrazone groups is 1. The number of amides is 2. The quantitative estimate of drug-likeness (QED) is 0.173. The van der Waals surface area contributed by atoms with Gasteiger partial charge in [0, 0.05) is 5.56 Å². The van der Waals surface area contributed by atoms with Gasteiger partial charge in [0.15, 0.2) is 23.0 Å². The fourth-order valence-electron chi connectivity index (χ4n) is 3.50. The molecule has 202 valence electrons. The molecule has 1 aliphatic heterocycles. The number of nitrogens with one attached hydrogen (secondary N) is 2. The molecule has 12 heteroatoms. The van der Waals surface area contributed by atoms with E-state index in [1.165, 1.54) is 39.7 Å². The molecule has 4 rings (SSSR count). The Morgan fingerprint density at radius 1 is 0.872 bits per heavy atom. The van der Waals surface area contributed by atoms with Crippen LogP contribution in [0.15, 0.2) is 59.7 Å². The Morgan fingerprint density at radius 2 is 1.56 bits per heavy atom. The predicted molar refractivity (Wildman–Crippen MR) is 138 cm³/mol. The first-order valence-electron chi connectivity index (χ1n) is 11.5. The van der Waals surface area contributed by atoms with E-state index >= 15 is 0 Å². The summed E-state index contributed by atoms with van der Waals surface area (Å²) < 4.78 is 31.6. The predicted octanol–water partition coefficient (Wildman–Crippen LogP) is 2.54. The van der Waals surface area contributed by atoms with Crippen molar-refractivity contribution in [3.63, 3.8) is 0 Å². The number of esters is 1. The molecular formula is C27H25N3O9.